The molecule has 8 nitrogen and oxygen atoms in total. The third-order valence-corrected chi connectivity index (χ3v) is 6.09. The lowest BCUT2D eigenvalue weighted by Crippen LogP contribution is -2.23. The molecule has 0 aliphatic carbocycles. The highest BCUT2D eigenvalue weighted by molar-refractivity contribution is 9.10. The molecule has 0 atom stereocenters. The number of hydrogen-bond donors (Lipinski definition) is 1. The Labute approximate surface area is 186 Å². The van der Waals surface area contributed by atoms with Crippen molar-refractivity contribution in [3.05, 3.63) is 51.4 Å². The molecule has 4 aromatic rings. The van der Waals surface area contributed by atoms with E-state index in [1.807, 2.05) is 49.3 Å². The minimum atomic E-state index is -0.103. The van der Waals surface area contributed by atoms with Crippen molar-refractivity contribution in [3.63, 3.8) is 0 Å². The summed E-state index contributed by atoms with van der Waals surface area (Å²) in [5.41, 5.74) is 1.80. The Morgan fingerprint density at radius 2 is 2.03 bits per heavy atom. The van der Waals surface area contributed by atoms with Gasteiger partial charge in [-0.1, -0.05) is 21.1 Å². The predicted octanol–water partition coefficient (Wildman–Crippen LogP) is 3.97. The second-order valence-electron chi connectivity index (χ2n) is 7.01. The second-order valence-corrected chi connectivity index (χ2v) is 8.96. The van der Waals surface area contributed by atoms with Crippen molar-refractivity contribution in [3.8, 4) is 5.69 Å². The molecule has 1 N–H and O–H groups in total. The maximum atomic E-state index is 12.6. The molecule has 0 aliphatic heterocycles. The molecule has 0 saturated heterocycles. The number of nitrogens with one attached hydrogen (secondary N) is 1. The Kier molecular flexibility index (Phi) is 5.87. The molecule has 0 unspecified atom stereocenters. The first-order valence-electron chi connectivity index (χ1n) is 9.45. The van der Waals surface area contributed by atoms with Crippen molar-refractivity contribution in [2.75, 3.05) is 25.5 Å². The van der Waals surface area contributed by atoms with Crippen LogP contribution in [0.4, 0.5) is 5.95 Å². The van der Waals surface area contributed by atoms with E-state index in [0.717, 1.165) is 32.9 Å². The molecule has 3 aromatic heterocycles. The fraction of sp³-hybridized carbons (Fsp3) is 0.300. The first-order chi connectivity index (χ1) is 14.4. The van der Waals surface area contributed by atoms with E-state index in [2.05, 4.69) is 36.0 Å². The normalized spacial score (nSPS) is 11.2. The first kappa shape index (κ1) is 20.5. The highest BCUT2D eigenvalue weighted by Gasteiger charge is 2.19. The molecule has 0 aliphatic rings. The second kappa shape index (κ2) is 8.57. The number of benzene rings is 1. The fourth-order valence-electron chi connectivity index (χ4n) is 3.07. The van der Waals surface area contributed by atoms with E-state index in [0.29, 0.717) is 29.6 Å². The van der Waals surface area contributed by atoms with Crippen LogP contribution in [0.5, 0.6) is 0 Å². The number of amides is 1. The number of hydrogen-bond acceptors (Lipinski definition) is 7. The lowest BCUT2D eigenvalue weighted by Gasteiger charge is -2.14. The summed E-state index contributed by atoms with van der Waals surface area (Å²) >= 11 is 4.91. The lowest BCUT2D eigenvalue weighted by molar-refractivity contribution is 0.0957. The molecule has 1 amide bonds. The summed E-state index contributed by atoms with van der Waals surface area (Å²) in [6, 6.07) is 9.88. The largest absolute Gasteiger partial charge is 0.351 e. The van der Waals surface area contributed by atoms with E-state index < -0.39 is 0 Å². The number of thiophene rings is 1. The molecular weight excluding hydrogens is 468 g/mol. The summed E-state index contributed by atoms with van der Waals surface area (Å²) in [5, 5.41) is 6.73. The molecule has 1 aromatic carbocycles. The quantitative estimate of drug-likeness (QED) is 0.396. The van der Waals surface area contributed by atoms with Crippen LogP contribution >= 0.6 is 27.3 Å². The van der Waals surface area contributed by atoms with Gasteiger partial charge in [-0.25, -0.2) is 4.98 Å². The van der Waals surface area contributed by atoms with E-state index in [4.69, 9.17) is 9.51 Å². The van der Waals surface area contributed by atoms with E-state index in [-0.39, 0.29) is 5.91 Å². The molecule has 30 heavy (non-hydrogen) atoms. The highest BCUT2D eigenvalue weighted by Crippen LogP contribution is 2.33. The minimum absolute atomic E-state index is 0.103. The van der Waals surface area contributed by atoms with Gasteiger partial charge in [-0.2, -0.15) is 4.98 Å². The summed E-state index contributed by atoms with van der Waals surface area (Å²) in [6.07, 6.45) is 1.36. The van der Waals surface area contributed by atoms with Gasteiger partial charge >= 0.3 is 0 Å². The Hall–Kier alpha value is -2.72. The standard InChI is InChI=1S/C20H21BrN6O2S/c1-12-23-17(29-25-12)5-4-10-22-18(28)16-11-15-19(30-16)27(20(24-15)26(2)3)14-8-6-13(21)7-9-14/h6-9,11H,4-5,10H2,1-3H3,(H,22,28). The van der Waals surface area contributed by atoms with Gasteiger partial charge in [0, 0.05) is 37.2 Å². The maximum Gasteiger partial charge on any atom is 0.261 e. The Morgan fingerprint density at radius 1 is 1.27 bits per heavy atom. The number of anilines is 1. The number of nitrogens with zero attached hydrogens (tertiary/aromatic N) is 5. The average Bonchev–Trinajstić information content (AvgIpc) is 3.40. The molecular formula is C20H21BrN6O2S. The van der Waals surface area contributed by atoms with Crippen LogP contribution in [0.25, 0.3) is 16.0 Å². The molecule has 0 spiro atoms. The van der Waals surface area contributed by atoms with Crippen LogP contribution in [0.2, 0.25) is 0 Å². The van der Waals surface area contributed by atoms with Crippen molar-refractivity contribution in [1.82, 2.24) is 25.0 Å². The zero-order valence-corrected chi connectivity index (χ0v) is 19.2. The molecule has 4 rings (SSSR count). The summed E-state index contributed by atoms with van der Waals surface area (Å²) in [5.74, 6) is 1.93. The van der Waals surface area contributed by atoms with Crippen LogP contribution in [0.3, 0.4) is 0 Å². The number of halogens is 1. The topological polar surface area (TPSA) is 89.1 Å². The predicted molar refractivity (Wildman–Crippen MR) is 121 cm³/mol. The lowest BCUT2D eigenvalue weighted by atomic mass is 10.3. The molecule has 10 heteroatoms. The minimum Gasteiger partial charge on any atom is -0.351 e. The Balaban J connectivity index is 1.51. The van der Waals surface area contributed by atoms with Gasteiger partial charge in [-0.3, -0.25) is 9.36 Å². The van der Waals surface area contributed by atoms with Crippen LogP contribution in [0.15, 0.2) is 39.3 Å². The number of carbonyl (C=O) groups excluding carboxylic acids is 1. The number of imidazole rings is 1. The molecule has 0 bridgehead atoms. The number of carbonyl (C=O) groups is 1. The van der Waals surface area contributed by atoms with Crippen molar-refractivity contribution >= 4 is 49.5 Å². The van der Waals surface area contributed by atoms with Crippen LogP contribution < -0.4 is 10.2 Å². The Morgan fingerprint density at radius 3 is 2.70 bits per heavy atom. The zero-order chi connectivity index (χ0) is 21.3. The van der Waals surface area contributed by atoms with Gasteiger partial charge in [0.25, 0.3) is 5.91 Å². The van der Waals surface area contributed by atoms with E-state index in [1.54, 1.807) is 6.92 Å². The summed E-state index contributed by atoms with van der Waals surface area (Å²) in [7, 11) is 3.92. The number of fused-ring (bicyclic) bond motifs is 1. The third-order valence-electron chi connectivity index (χ3n) is 4.45. The molecule has 0 fully saturated rings. The van der Waals surface area contributed by atoms with Crippen LogP contribution in [-0.2, 0) is 6.42 Å². The number of aromatic nitrogens is 4. The molecule has 0 radical (unpaired) electrons. The average molecular weight is 489 g/mol. The summed E-state index contributed by atoms with van der Waals surface area (Å²) in [4.78, 5) is 25.1. The highest BCUT2D eigenvalue weighted by atomic mass is 79.9. The van der Waals surface area contributed by atoms with Crippen molar-refractivity contribution in [1.29, 1.82) is 0 Å². The Bertz CT molecular complexity index is 1180. The van der Waals surface area contributed by atoms with Gasteiger partial charge in [0.2, 0.25) is 11.8 Å². The van der Waals surface area contributed by atoms with E-state index >= 15 is 0 Å². The summed E-state index contributed by atoms with van der Waals surface area (Å²) in [6.45, 7) is 2.32. The monoisotopic (exact) mass is 488 g/mol. The van der Waals surface area contributed by atoms with Crippen molar-refractivity contribution in [2.45, 2.75) is 19.8 Å². The van der Waals surface area contributed by atoms with Gasteiger partial charge < -0.3 is 14.7 Å². The fourth-order valence-corrected chi connectivity index (χ4v) is 4.36. The van der Waals surface area contributed by atoms with Crippen LogP contribution in [0, 0.1) is 6.92 Å². The van der Waals surface area contributed by atoms with E-state index in [1.165, 1.54) is 11.3 Å². The third kappa shape index (κ3) is 4.24. The van der Waals surface area contributed by atoms with Crippen LogP contribution in [-0.4, -0.2) is 46.2 Å². The zero-order valence-electron chi connectivity index (χ0n) is 16.8. The molecule has 156 valence electrons. The van der Waals surface area contributed by atoms with Crippen molar-refractivity contribution < 1.29 is 9.32 Å². The van der Waals surface area contributed by atoms with Crippen molar-refractivity contribution in [2.24, 2.45) is 0 Å². The van der Waals surface area contributed by atoms with Gasteiger partial charge in [0.05, 0.1) is 4.88 Å². The summed E-state index contributed by atoms with van der Waals surface area (Å²) < 4.78 is 8.17. The molecule has 3 heterocycles. The van der Waals surface area contributed by atoms with Crippen LogP contribution in [0.1, 0.15) is 27.8 Å². The smallest absolute Gasteiger partial charge is 0.261 e. The maximum absolute atomic E-state index is 12.6. The van der Waals surface area contributed by atoms with E-state index in [9.17, 15) is 4.79 Å². The van der Waals surface area contributed by atoms with Gasteiger partial charge in [0.15, 0.2) is 5.82 Å². The SMILES string of the molecule is Cc1noc(CCCNC(=O)c2cc3nc(N(C)C)n(-c4ccc(Br)cc4)c3s2)n1. The first-order valence-corrected chi connectivity index (χ1v) is 11.1. The number of rotatable bonds is 7. The molecule has 0 saturated carbocycles. The number of aryl methyl sites for hydroxylation is 2. The van der Waals surface area contributed by atoms with Gasteiger partial charge in [-0.15, -0.1) is 11.3 Å². The van der Waals surface area contributed by atoms with Gasteiger partial charge in [-0.05, 0) is 43.7 Å². The van der Waals surface area contributed by atoms with Gasteiger partial charge in [0.1, 0.15) is 10.3 Å².